The molecule has 1 atom stereocenters. The number of hydrogen-bond donors (Lipinski definition) is 0. The van der Waals surface area contributed by atoms with Crippen molar-refractivity contribution in [3.63, 3.8) is 0 Å². The van der Waals surface area contributed by atoms with E-state index in [2.05, 4.69) is 130 Å². The Labute approximate surface area is 514 Å². The predicted molar refractivity (Wildman–Crippen MR) is 362 cm³/mol. The average Bonchev–Trinajstić information content (AvgIpc) is 3.48. The second-order valence-corrected chi connectivity index (χ2v) is 23.4. The van der Waals surface area contributed by atoms with Crippen LogP contribution in [-0.2, 0) is 28.6 Å². The molecule has 0 saturated carbocycles. The first-order valence-corrected chi connectivity index (χ1v) is 35.4. The first-order valence-electron chi connectivity index (χ1n) is 35.4. The van der Waals surface area contributed by atoms with E-state index in [-0.39, 0.29) is 31.1 Å². The molecule has 83 heavy (non-hydrogen) atoms. The van der Waals surface area contributed by atoms with E-state index in [4.69, 9.17) is 14.2 Å². The second kappa shape index (κ2) is 70.6. The summed E-state index contributed by atoms with van der Waals surface area (Å²) >= 11 is 0. The van der Waals surface area contributed by atoms with Crippen molar-refractivity contribution in [2.24, 2.45) is 0 Å². The van der Waals surface area contributed by atoms with Crippen LogP contribution in [0.5, 0.6) is 0 Å². The zero-order valence-electron chi connectivity index (χ0n) is 54.7. The van der Waals surface area contributed by atoms with Gasteiger partial charge in [-0.15, -0.1) is 0 Å². The van der Waals surface area contributed by atoms with Gasteiger partial charge >= 0.3 is 17.9 Å². The molecule has 0 bridgehead atoms. The molecule has 0 aliphatic rings. The Balaban J connectivity index is 4.27. The molecule has 0 saturated heterocycles. The maximum absolute atomic E-state index is 12.9. The lowest BCUT2D eigenvalue weighted by atomic mass is 10.0. The van der Waals surface area contributed by atoms with Crippen molar-refractivity contribution < 1.29 is 28.6 Å². The zero-order chi connectivity index (χ0) is 59.9. The standard InChI is InChI=1S/C77H132O6/c1-4-7-10-13-16-19-22-24-26-28-30-32-34-36-38-40-42-44-46-48-50-52-55-58-61-64-67-70-76(79)82-73-74(72-81-75(78)69-66-63-60-57-54-21-18-15-12-9-6-3)83-77(80)71-68-65-62-59-56-53-51-49-47-45-43-41-39-37-35-33-31-29-27-25-23-20-17-14-11-8-5-2/h7,10,15-16,18-19,24,26,29-32,36,38,42,44,48,50,74H,4-6,8-9,11-14,17,20-23,25,27-28,33-35,37,39-41,43,45-47,49,51-73H2,1-3H3/b10-7-,18-15-,19-16-,26-24-,31-29-,32-30-,38-36-,44-42-,50-48-. The van der Waals surface area contributed by atoms with E-state index in [1.807, 2.05) is 0 Å². The molecule has 0 heterocycles. The summed E-state index contributed by atoms with van der Waals surface area (Å²) in [5, 5.41) is 0. The molecule has 0 radical (unpaired) electrons. The number of allylic oxidation sites excluding steroid dienone is 18. The van der Waals surface area contributed by atoms with E-state index in [9.17, 15) is 14.4 Å². The van der Waals surface area contributed by atoms with Gasteiger partial charge in [-0.2, -0.15) is 0 Å². The molecule has 476 valence electrons. The van der Waals surface area contributed by atoms with Gasteiger partial charge in [0.05, 0.1) is 0 Å². The van der Waals surface area contributed by atoms with Crippen LogP contribution in [0.2, 0.25) is 0 Å². The van der Waals surface area contributed by atoms with Crippen LogP contribution in [0.15, 0.2) is 109 Å². The molecule has 0 N–H and O–H groups in total. The van der Waals surface area contributed by atoms with Gasteiger partial charge in [0.15, 0.2) is 6.10 Å². The summed E-state index contributed by atoms with van der Waals surface area (Å²) in [4.78, 5) is 38.4. The topological polar surface area (TPSA) is 78.9 Å². The minimum atomic E-state index is -0.792. The van der Waals surface area contributed by atoms with E-state index < -0.39 is 6.10 Å². The Hall–Kier alpha value is -3.93. The average molecular weight is 1150 g/mol. The van der Waals surface area contributed by atoms with Crippen LogP contribution in [-0.4, -0.2) is 37.2 Å². The van der Waals surface area contributed by atoms with Crippen molar-refractivity contribution >= 4 is 17.9 Å². The molecule has 6 nitrogen and oxygen atoms in total. The monoisotopic (exact) mass is 1150 g/mol. The van der Waals surface area contributed by atoms with Gasteiger partial charge in [-0.25, -0.2) is 0 Å². The number of carbonyl (C=O) groups excluding carboxylic acids is 3. The fourth-order valence-electron chi connectivity index (χ4n) is 9.93. The Morgan fingerprint density at radius 2 is 0.482 bits per heavy atom. The van der Waals surface area contributed by atoms with Gasteiger partial charge in [-0.3, -0.25) is 14.4 Å². The predicted octanol–water partition coefficient (Wildman–Crippen LogP) is 24.6. The third-order valence-electron chi connectivity index (χ3n) is 15.2. The van der Waals surface area contributed by atoms with Gasteiger partial charge in [0, 0.05) is 19.3 Å². The molecule has 0 aliphatic carbocycles. The maximum atomic E-state index is 12.9. The second-order valence-electron chi connectivity index (χ2n) is 23.4. The summed E-state index contributed by atoms with van der Waals surface area (Å²) in [7, 11) is 0. The number of esters is 3. The molecule has 6 heteroatoms. The highest BCUT2D eigenvalue weighted by Gasteiger charge is 2.19. The van der Waals surface area contributed by atoms with Gasteiger partial charge < -0.3 is 14.2 Å². The van der Waals surface area contributed by atoms with E-state index in [1.54, 1.807) is 0 Å². The smallest absolute Gasteiger partial charge is 0.306 e. The highest BCUT2D eigenvalue weighted by atomic mass is 16.6. The van der Waals surface area contributed by atoms with Crippen molar-refractivity contribution in [3.8, 4) is 0 Å². The summed E-state index contributed by atoms with van der Waals surface area (Å²) in [6.07, 6.45) is 96.9. The third kappa shape index (κ3) is 68.7. The van der Waals surface area contributed by atoms with E-state index in [1.165, 1.54) is 173 Å². The van der Waals surface area contributed by atoms with Crippen LogP contribution in [0.1, 0.15) is 342 Å². The van der Waals surface area contributed by atoms with Crippen molar-refractivity contribution in [1.82, 2.24) is 0 Å². The lowest BCUT2D eigenvalue weighted by molar-refractivity contribution is -0.167. The Morgan fingerprint density at radius 1 is 0.253 bits per heavy atom. The van der Waals surface area contributed by atoms with Gasteiger partial charge in [0.2, 0.25) is 0 Å². The molecular weight excluding hydrogens is 1020 g/mol. The largest absolute Gasteiger partial charge is 0.462 e. The Morgan fingerprint density at radius 3 is 0.783 bits per heavy atom. The SMILES string of the molecule is CC/C=C\C/C=C\C/C=C\C/C=C\C/C=C\C/C=C\C/C=C\CCCCCCCC(=O)OCC(COC(=O)CCCCCCC/C=C\CCCC)OC(=O)CCCCCCCCCCCCCCCCC/C=C\CCCCCCCCCC. The molecule has 0 aromatic rings. The van der Waals surface area contributed by atoms with E-state index in [0.717, 1.165) is 128 Å². The number of carbonyl (C=O) groups is 3. The number of rotatable bonds is 64. The Bertz CT molecular complexity index is 1660. The highest BCUT2D eigenvalue weighted by molar-refractivity contribution is 5.71. The Kier molecular flexibility index (Phi) is 67.2. The zero-order valence-corrected chi connectivity index (χ0v) is 54.7. The summed E-state index contributed by atoms with van der Waals surface area (Å²) < 4.78 is 16.9. The third-order valence-corrected chi connectivity index (χ3v) is 15.2. The normalized spacial score (nSPS) is 12.8. The molecule has 0 spiro atoms. The molecule has 1 unspecified atom stereocenters. The van der Waals surface area contributed by atoms with Gasteiger partial charge in [-0.05, 0) is 122 Å². The quantitative estimate of drug-likeness (QED) is 0.0261. The molecule has 0 aliphatic heterocycles. The van der Waals surface area contributed by atoms with Gasteiger partial charge in [0.25, 0.3) is 0 Å². The molecule has 0 rings (SSSR count). The lowest BCUT2D eigenvalue weighted by Gasteiger charge is -2.18. The van der Waals surface area contributed by atoms with Crippen LogP contribution >= 0.6 is 0 Å². The summed E-state index contributed by atoms with van der Waals surface area (Å²) in [6, 6.07) is 0. The summed E-state index contributed by atoms with van der Waals surface area (Å²) in [5.41, 5.74) is 0. The van der Waals surface area contributed by atoms with Crippen molar-refractivity contribution in [2.75, 3.05) is 13.2 Å². The van der Waals surface area contributed by atoms with E-state index >= 15 is 0 Å². The molecule has 0 aromatic heterocycles. The first kappa shape index (κ1) is 79.1. The van der Waals surface area contributed by atoms with Crippen LogP contribution in [0.4, 0.5) is 0 Å². The highest BCUT2D eigenvalue weighted by Crippen LogP contribution is 2.17. The molecular formula is C77H132O6. The van der Waals surface area contributed by atoms with Crippen molar-refractivity contribution in [1.29, 1.82) is 0 Å². The maximum Gasteiger partial charge on any atom is 0.306 e. The summed E-state index contributed by atoms with van der Waals surface area (Å²) in [5.74, 6) is -0.905. The lowest BCUT2D eigenvalue weighted by Crippen LogP contribution is -2.30. The van der Waals surface area contributed by atoms with Crippen LogP contribution < -0.4 is 0 Å². The number of hydrogen-bond acceptors (Lipinski definition) is 6. The first-order chi connectivity index (χ1) is 41.0. The minimum absolute atomic E-state index is 0.0877. The number of unbranched alkanes of at least 4 members (excludes halogenated alkanes) is 35. The van der Waals surface area contributed by atoms with E-state index in [0.29, 0.717) is 19.3 Å². The molecule has 0 amide bonds. The van der Waals surface area contributed by atoms with Crippen LogP contribution in [0.3, 0.4) is 0 Å². The number of ether oxygens (including phenoxy) is 3. The van der Waals surface area contributed by atoms with Crippen molar-refractivity contribution in [3.05, 3.63) is 109 Å². The fourth-order valence-corrected chi connectivity index (χ4v) is 9.93. The minimum Gasteiger partial charge on any atom is -0.462 e. The molecule has 0 fully saturated rings. The van der Waals surface area contributed by atoms with Gasteiger partial charge in [-0.1, -0.05) is 310 Å². The van der Waals surface area contributed by atoms with Gasteiger partial charge in [0.1, 0.15) is 13.2 Å². The summed E-state index contributed by atoms with van der Waals surface area (Å²) in [6.45, 7) is 6.50. The fraction of sp³-hybridized carbons (Fsp3) is 0.727. The van der Waals surface area contributed by atoms with Crippen LogP contribution in [0, 0.1) is 0 Å². The van der Waals surface area contributed by atoms with Crippen LogP contribution in [0.25, 0.3) is 0 Å². The van der Waals surface area contributed by atoms with Crippen molar-refractivity contribution in [2.45, 2.75) is 348 Å². The molecule has 0 aromatic carbocycles.